The van der Waals surface area contributed by atoms with E-state index < -0.39 is 0 Å². The molecule has 0 amide bonds. The minimum absolute atomic E-state index is 0.0680. The summed E-state index contributed by atoms with van der Waals surface area (Å²) in [6.07, 6.45) is 0. The molecule has 1 aromatic heterocycles. The first kappa shape index (κ1) is 9.21. The fraction of sp³-hybridized carbons (Fsp3) is 0.0909. The number of thiophene rings is 1. The lowest BCUT2D eigenvalue weighted by molar-refractivity contribution is -0.591. The molecule has 2 rings (SSSR count). The summed E-state index contributed by atoms with van der Waals surface area (Å²) in [6, 6.07) is 15.2. The molecule has 0 aliphatic carbocycles. The summed E-state index contributed by atoms with van der Waals surface area (Å²) in [4.78, 5) is 1.42. The average molecular weight is 301 g/mol. The van der Waals surface area contributed by atoms with E-state index in [0.717, 1.165) is 0 Å². The molecule has 66 valence electrons. The van der Waals surface area contributed by atoms with Crippen LogP contribution in [0.4, 0.5) is 0 Å². The van der Waals surface area contributed by atoms with Gasteiger partial charge in [0.15, 0.2) is 3.57 Å². The maximum Gasteiger partial charge on any atom is 0.369 e. The Balaban J connectivity index is 2.15. The summed E-state index contributed by atoms with van der Waals surface area (Å²) in [5, 5.41) is 0. The number of hydrogen-bond acceptors (Lipinski definition) is 1. The van der Waals surface area contributed by atoms with Crippen molar-refractivity contribution in [1.29, 1.82) is 0 Å². The van der Waals surface area contributed by atoms with Gasteiger partial charge < -0.3 is 0 Å². The highest BCUT2D eigenvalue weighted by atomic mass is 127. The standard InChI is InChI=1S/C11H10IS/c1-9-7-8-11(13-9)12-10-5-3-2-4-6-10/h2-8H,1H3/q+1. The second-order valence-corrected chi connectivity index (χ2v) is 7.71. The largest absolute Gasteiger partial charge is 0.369 e. The number of aryl methyl sites for hydroxylation is 1. The van der Waals surface area contributed by atoms with Crippen LogP contribution in [-0.2, 0) is 0 Å². The Kier molecular flexibility index (Phi) is 3.01. The van der Waals surface area contributed by atoms with Crippen molar-refractivity contribution in [2.45, 2.75) is 6.92 Å². The number of hydrogen-bond donors (Lipinski definition) is 0. The fourth-order valence-electron chi connectivity index (χ4n) is 1.04. The zero-order valence-electron chi connectivity index (χ0n) is 7.33. The van der Waals surface area contributed by atoms with Crippen LogP contribution in [0.25, 0.3) is 0 Å². The molecule has 0 aliphatic rings. The van der Waals surface area contributed by atoms with Gasteiger partial charge in [-0.3, -0.25) is 0 Å². The lowest BCUT2D eigenvalue weighted by Crippen LogP contribution is -3.61. The molecule has 0 spiro atoms. The number of halogens is 1. The molecule has 1 heterocycles. The quantitative estimate of drug-likeness (QED) is 0.695. The van der Waals surface area contributed by atoms with Crippen LogP contribution in [0.1, 0.15) is 4.88 Å². The molecule has 0 atom stereocenters. The van der Waals surface area contributed by atoms with Gasteiger partial charge in [0.05, 0.1) is 0 Å². The molecule has 2 aromatic rings. The molecule has 0 saturated carbocycles. The van der Waals surface area contributed by atoms with E-state index in [1.165, 1.54) is 8.45 Å². The van der Waals surface area contributed by atoms with Crippen LogP contribution in [0.5, 0.6) is 0 Å². The van der Waals surface area contributed by atoms with E-state index in [9.17, 15) is 0 Å². The monoisotopic (exact) mass is 301 g/mol. The third-order valence-corrected chi connectivity index (χ3v) is 5.84. The van der Waals surface area contributed by atoms with Gasteiger partial charge >= 0.3 is 21.2 Å². The zero-order chi connectivity index (χ0) is 9.10. The Bertz CT molecular complexity index is 378. The van der Waals surface area contributed by atoms with E-state index in [1.54, 1.807) is 2.88 Å². The zero-order valence-corrected chi connectivity index (χ0v) is 10.3. The maximum absolute atomic E-state index is 2.26. The predicted octanol–water partition coefficient (Wildman–Crippen LogP) is 0.185. The molecule has 0 unspecified atom stereocenters. The molecule has 0 nitrogen and oxygen atoms in total. The van der Waals surface area contributed by atoms with Crippen LogP contribution in [0.15, 0.2) is 42.5 Å². The highest BCUT2D eigenvalue weighted by molar-refractivity contribution is 7.09. The minimum Gasteiger partial charge on any atom is -0.0930 e. The normalized spacial score (nSPS) is 10.2. The van der Waals surface area contributed by atoms with E-state index in [2.05, 4.69) is 49.4 Å². The number of rotatable bonds is 2. The Morgan fingerprint density at radius 2 is 1.77 bits per heavy atom. The van der Waals surface area contributed by atoms with Crippen molar-refractivity contribution in [2.24, 2.45) is 0 Å². The molecule has 0 fully saturated rings. The summed E-state index contributed by atoms with van der Waals surface area (Å²) in [7, 11) is 0. The molecule has 0 saturated heterocycles. The first-order chi connectivity index (χ1) is 6.34. The summed E-state index contributed by atoms with van der Waals surface area (Å²) in [6.45, 7) is 2.17. The molecular formula is C11H10IS+. The molecule has 1 aromatic carbocycles. The lowest BCUT2D eigenvalue weighted by atomic mass is 10.4. The van der Waals surface area contributed by atoms with Gasteiger partial charge in [0.2, 0.25) is 2.88 Å². The van der Waals surface area contributed by atoms with Gasteiger partial charge in [-0.2, -0.15) is 0 Å². The van der Waals surface area contributed by atoms with Crippen molar-refractivity contribution < 1.29 is 21.2 Å². The van der Waals surface area contributed by atoms with Crippen LogP contribution in [-0.4, -0.2) is 0 Å². The Morgan fingerprint density at radius 1 is 1.00 bits per heavy atom. The van der Waals surface area contributed by atoms with Crippen molar-refractivity contribution in [3.8, 4) is 0 Å². The van der Waals surface area contributed by atoms with Crippen LogP contribution in [0.3, 0.4) is 0 Å². The van der Waals surface area contributed by atoms with Crippen molar-refractivity contribution in [3.63, 3.8) is 0 Å². The van der Waals surface area contributed by atoms with Gasteiger partial charge in [-0.25, -0.2) is 0 Å². The van der Waals surface area contributed by atoms with Crippen LogP contribution in [0.2, 0.25) is 0 Å². The highest BCUT2D eigenvalue weighted by Crippen LogP contribution is 2.05. The summed E-state index contributed by atoms with van der Waals surface area (Å²) < 4.78 is 3.06. The van der Waals surface area contributed by atoms with Crippen molar-refractivity contribution in [1.82, 2.24) is 0 Å². The van der Waals surface area contributed by atoms with Crippen molar-refractivity contribution >= 4 is 11.3 Å². The summed E-state index contributed by atoms with van der Waals surface area (Å²) in [5.41, 5.74) is 0. The Labute approximate surface area is 92.9 Å². The van der Waals surface area contributed by atoms with Crippen LogP contribution in [0, 0.1) is 13.4 Å². The number of benzene rings is 1. The van der Waals surface area contributed by atoms with Crippen LogP contribution < -0.4 is 21.2 Å². The first-order valence-electron chi connectivity index (χ1n) is 4.11. The second kappa shape index (κ2) is 4.24. The molecule has 0 bridgehead atoms. The van der Waals surface area contributed by atoms with Gasteiger partial charge in [-0.1, -0.05) is 29.5 Å². The SMILES string of the molecule is Cc1ccc([I+]c2ccccc2)s1. The van der Waals surface area contributed by atoms with E-state index in [4.69, 9.17) is 0 Å². The van der Waals surface area contributed by atoms with Gasteiger partial charge in [-0.05, 0) is 25.1 Å². The Hall–Kier alpha value is -0.350. The predicted molar refractivity (Wildman–Crippen MR) is 52.9 cm³/mol. The van der Waals surface area contributed by atoms with Crippen molar-refractivity contribution in [2.75, 3.05) is 0 Å². The summed E-state index contributed by atoms with van der Waals surface area (Å²) in [5.74, 6) is 0. The smallest absolute Gasteiger partial charge is 0.0930 e. The van der Waals surface area contributed by atoms with Gasteiger partial charge in [-0.15, -0.1) is 0 Å². The molecule has 0 aliphatic heterocycles. The van der Waals surface area contributed by atoms with E-state index >= 15 is 0 Å². The third kappa shape index (κ3) is 2.54. The highest BCUT2D eigenvalue weighted by Gasteiger charge is 2.16. The second-order valence-electron chi connectivity index (χ2n) is 2.74. The Morgan fingerprint density at radius 3 is 2.38 bits per heavy atom. The van der Waals surface area contributed by atoms with Crippen molar-refractivity contribution in [3.05, 3.63) is 53.8 Å². The molecule has 0 N–H and O–H groups in total. The van der Waals surface area contributed by atoms with E-state index in [1.807, 2.05) is 11.3 Å². The fourth-order valence-corrected chi connectivity index (χ4v) is 5.38. The maximum atomic E-state index is 2.26. The molecule has 2 heteroatoms. The summed E-state index contributed by atoms with van der Waals surface area (Å²) >= 11 is 2.00. The average Bonchev–Trinajstić information content (AvgIpc) is 2.53. The molecular weight excluding hydrogens is 291 g/mol. The van der Waals surface area contributed by atoms with E-state index in [-0.39, 0.29) is 21.2 Å². The van der Waals surface area contributed by atoms with E-state index in [0.29, 0.717) is 0 Å². The first-order valence-corrected chi connectivity index (χ1v) is 7.08. The molecule has 13 heavy (non-hydrogen) atoms. The molecule has 0 radical (unpaired) electrons. The van der Waals surface area contributed by atoms with Crippen LogP contribution >= 0.6 is 11.3 Å². The topological polar surface area (TPSA) is 0 Å². The van der Waals surface area contributed by atoms with Gasteiger partial charge in [0, 0.05) is 10.9 Å². The minimum atomic E-state index is 0.0680. The van der Waals surface area contributed by atoms with Gasteiger partial charge in [0.25, 0.3) is 0 Å². The lowest BCUT2D eigenvalue weighted by Gasteiger charge is -1.80. The van der Waals surface area contributed by atoms with Gasteiger partial charge in [0.1, 0.15) is 0 Å². The third-order valence-electron chi connectivity index (χ3n) is 1.64.